The van der Waals surface area contributed by atoms with Gasteiger partial charge >= 0.3 is 0 Å². The summed E-state index contributed by atoms with van der Waals surface area (Å²) < 4.78 is 2.19. The molecule has 112 valence electrons. The van der Waals surface area contributed by atoms with Gasteiger partial charge in [-0.25, -0.2) is 0 Å². The van der Waals surface area contributed by atoms with Gasteiger partial charge in [-0.3, -0.25) is 16.0 Å². The summed E-state index contributed by atoms with van der Waals surface area (Å²) in [6.07, 6.45) is 15.2. The summed E-state index contributed by atoms with van der Waals surface area (Å²) in [5.41, 5.74) is 4.25. The second kappa shape index (κ2) is 6.72. The van der Waals surface area contributed by atoms with Gasteiger partial charge in [-0.1, -0.05) is 32.1 Å². The van der Waals surface area contributed by atoms with Crippen molar-refractivity contribution in [3.63, 3.8) is 0 Å². The van der Waals surface area contributed by atoms with Crippen LogP contribution < -0.4 is 11.3 Å². The molecule has 3 rings (SSSR count). The van der Waals surface area contributed by atoms with E-state index in [1.165, 1.54) is 63.5 Å². The van der Waals surface area contributed by atoms with E-state index in [0.29, 0.717) is 12.1 Å². The molecule has 0 bridgehead atoms. The lowest BCUT2D eigenvalue weighted by Gasteiger charge is -2.29. The van der Waals surface area contributed by atoms with Crippen LogP contribution in [0.1, 0.15) is 69.5 Å². The molecular weight excluding hydrogens is 248 g/mol. The Kier molecular flexibility index (Phi) is 4.73. The molecule has 2 saturated carbocycles. The van der Waals surface area contributed by atoms with Crippen LogP contribution >= 0.6 is 0 Å². The fourth-order valence-electron chi connectivity index (χ4n) is 3.98. The highest BCUT2D eigenvalue weighted by atomic mass is 15.3. The Bertz CT molecular complexity index is 402. The lowest BCUT2D eigenvalue weighted by molar-refractivity contribution is 0.267. The van der Waals surface area contributed by atoms with Crippen LogP contribution in [0.3, 0.4) is 0 Å². The quantitative estimate of drug-likeness (QED) is 0.642. The van der Waals surface area contributed by atoms with E-state index in [1.807, 2.05) is 0 Å². The number of rotatable bonds is 5. The zero-order valence-electron chi connectivity index (χ0n) is 12.4. The van der Waals surface area contributed by atoms with Crippen LogP contribution in [-0.4, -0.2) is 15.8 Å². The van der Waals surface area contributed by atoms with Gasteiger partial charge in [0.05, 0.1) is 11.7 Å². The molecule has 0 radical (unpaired) electrons. The summed E-state index contributed by atoms with van der Waals surface area (Å²) in [5, 5.41) is 4.80. The van der Waals surface area contributed by atoms with Crippen LogP contribution in [0.25, 0.3) is 0 Å². The van der Waals surface area contributed by atoms with Crippen molar-refractivity contribution < 1.29 is 0 Å². The molecule has 1 aromatic heterocycles. The molecule has 0 saturated heterocycles. The van der Waals surface area contributed by atoms with Crippen molar-refractivity contribution in [3.8, 4) is 0 Å². The Morgan fingerprint density at radius 1 is 1.15 bits per heavy atom. The van der Waals surface area contributed by atoms with Gasteiger partial charge in [0, 0.05) is 18.7 Å². The van der Waals surface area contributed by atoms with E-state index in [-0.39, 0.29) is 0 Å². The highest BCUT2D eigenvalue weighted by Crippen LogP contribution is 2.30. The van der Waals surface area contributed by atoms with Crippen molar-refractivity contribution in [2.24, 2.45) is 11.8 Å². The van der Waals surface area contributed by atoms with Gasteiger partial charge in [0.1, 0.15) is 0 Å². The van der Waals surface area contributed by atoms with E-state index < -0.39 is 0 Å². The lowest BCUT2D eigenvalue weighted by Crippen LogP contribution is -2.43. The molecule has 4 nitrogen and oxygen atoms in total. The predicted octanol–water partition coefficient (Wildman–Crippen LogP) is 2.95. The highest BCUT2D eigenvalue weighted by Gasteiger charge is 2.24. The summed E-state index contributed by atoms with van der Waals surface area (Å²) in [4.78, 5) is 0. The standard InChI is InChI=1S/C16H28N4/c17-18-16(13-6-2-1-3-7-13)12-14-10-11-20(19-14)15-8-4-5-9-15/h10-11,13,15-16,18H,1-9,12,17H2. The Hall–Kier alpha value is -0.870. The minimum atomic E-state index is 0.391. The van der Waals surface area contributed by atoms with E-state index in [1.54, 1.807) is 0 Å². The minimum absolute atomic E-state index is 0.391. The highest BCUT2D eigenvalue weighted by molar-refractivity contribution is 5.03. The van der Waals surface area contributed by atoms with Gasteiger partial charge in [-0.05, 0) is 37.7 Å². The average Bonchev–Trinajstić information content (AvgIpc) is 3.16. The molecule has 0 aliphatic heterocycles. The van der Waals surface area contributed by atoms with Crippen LogP contribution in [0.15, 0.2) is 12.3 Å². The number of hydrazine groups is 1. The van der Waals surface area contributed by atoms with Gasteiger partial charge < -0.3 is 0 Å². The van der Waals surface area contributed by atoms with Gasteiger partial charge in [-0.15, -0.1) is 0 Å². The molecule has 2 aliphatic rings. The first kappa shape index (κ1) is 14.1. The molecule has 0 aromatic carbocycles. The zero-order chi connectivity index (χ0) is 13.8. The van der Waals surface area contributed by atoms with E-state index in [9.17, 15) is 0 Å². The first-order valence-corrected chi connectivity index (χ1v) is 8.37. The maximum absolute atomic E-state index is 5.80. The van der Waals surface area contributed by atoms with Gasteiger partial charge in [-0.2, -0.15) is 5.10 Å². The van der Waals surface area contributed by atoms with Crippen LogP contribution in [0.2, 0.25) is 0 Å². The fourth-order valence-corrected chi connectivity index (χ4v) is 3.98. The van der Waals surface area contributed by atoms with Crippen molar-refractivity contribution in [1.82, 2.24) is 15.2 Å². The maximum atomic E-state index is 5.80. The lowest BCUT2D eigenvalue weighted by atomic mass is 9.82. The van der Waals surface area contributed by atoms with Crippen molar-refractivity contribution in [2.45, 2.75) is 76.3 Å². The largest absolute Gasteiger partial charge is 0.271 e. The molecule has 1 heterocycles. The summed E-state index contributed by atoms with van der Waals surface area (Å²) >= 11 is 0. The molecule has 1 unspecified atom stereocenters. The van der Waals surface area contributed by atoms with Gasteiger partial charge in [0.25, 0.3) is 0 Å². The van der Waals surface area contributed by atoms with Crippen LogP contribution in [0, 0.1) is 5.92 Å². The predicted molar refractivity (Wildman–Crippen MR) is 81.1 cm³/mol. The summed E-state index contributed by atoms with van der Waals surface area (Å²) in [6.45, 7) is 0. The van der Waals surface area contributed by atoms with Crippen LogP contribution in [-0.2, 0) is 6.42 Å². The third kappa shape index (κ3) is 3.23. The Labute approximate surface area is 122 Å². The first-order valence-electron chi connectivity index (χ1n) is 8.37. The first-order chi connectivity index (χ1) is 9.86. The second-order valence-electron chi connectivity index (χ2n) is 6.60. The Morgan fingerprint density at radius 3 is 2.55 bits per heavy atom. The van der Waals surface area contributed by atoms with Crippen LogP contribution in [0.5, 0.6) is 0 Å². The van der Waals surface area contributed by atoms with E-state index in [4.69, 9.17) is 10.9 Å². The topological polar surface area (TPSA) is 55.9 Å². The summed E-state index contributed by atoms with van der Waals surface area (Å²) in [5.74, 6) is 6.52. The smallest absolute Gasteiger partial charge is 0.0640 e. The van der Waals surface area contributed by atoms with Crippen molar-refractivity contribution in [3.05, 3.63) is 18.0 Å². The van der Waals surface area contributed by atoms with Gasteiger partial charge in [0.2, 0.25) is 0 Å². The summed E-state index contributed by atoms with van der Waals surface area (Å²) in [6, 6.07) is 3.22. The van der Waals surface area contributed by atoms with Crippen molar-refractivity contribution in [2.75, 3.05) is 0 Å². The SMILES string of the molecule is NNC(Cc1ccn(C2CCCC2)n1)C1CCCCC1. The Morgan fingerprint density at radius 2 is 1.85 bits per heavy atom. The zero-order valence-corrected chi connectivity index (χ0v) is 12.4. The molecule has 2 fully saturated rings. The molecule has 20 heavy (non-hydrogen) atoms. The number of nitrogens with one attached hydrogen (secondary N) is 1. The average molecular weight is 276 g/mol. The monoisotopic (exact) mass is 276 g/mol. The number of nitrogens with zero attached hydrogens (tertiary/aromatic N) is 2. The molecule has 1 aromatic rings. The number of hydrogen-bond acceptors (Lipinski definition) is 3. The van der Waals surface area contributed by atoms with E-state index in [2.05, 4.69) is 22.4 Å². The number of nitrogens with two attached hydrogens (primary N) is 1. The van der Waals surface area contributed by atoms with Crippen molar-refractivity contribution >= 4 is 0 Å². The second-order valence-corrected chi connectivity index (χ2v) is 6.60. The van der Waals surface area contributed by atoms with E-state index in [0.717, 1.165) is 12.3 Å². The number of aromatic nitrogens is 2. The van der Waals surface area contributed by atoms with Crippen LogP contribution in [0.4, 0.5) is 0 Å². The van der Waals surface area contributed by atoms with Crippen molar-refractivity contribution in [1.29, 1.82) is 0 Å². The Balaban J connectivity index is 1.60. The third-order valence-corrected chi connectivity index (χ3v) is 5.22. The molecule has 3 N–H and O–H groups in total. The minimum Gasteiger partial charge on any atom is -0.271 e. The molecule has 4 heteroatoms. The fraction of sp³-hybridized carbons (Fsp3) is 0.812. The number of hydrogen-bond donors (Lipinski definition) is 2. The maximum Gasteiger partial charge on any atom is 0.0640 e. The molecule has 0 spiro atoms. The normalized spacial score (nSPS) is 23.2. The van der Waals surface area contributed by atoms with E-state index >= 15 is 0 Å². The molecule has 0 amide bonds. The molecule has 2 aliphatic carbocycles. The molecule has 1 atom stereocenters. The summed E-state index contributed by atoms with van der Waals surface area (Å²) in [7, 11) is 0. The van der Waals surface area contributed by atoms with Gasteiger partial charge in [0.15, 0.2) is 0 Å². The molecular formula is C16H28N4. The third-order valence-electron chi connectivity index (χ3n) is 5.22.